The maximum absolute atomic E-state index is 12.1. The average molecular weight is 259 g/mol. The normalized spacial score (nSPS) is 14.8. The van der Waals surface area contributed by atoms with E-state index in [0.29, 0.717) is 0 Å². The van der Waals surface area contributed by atoms with Crippen LogP contribution in [0.2, 0.25) is 0 Å². The van der Waals surface area contributed by atoms with Gasteiger partial charge in [0.05, 0.1) is 7.11 Å². The number of halogens is 1. The molecule has 0 aliphatic heterocycles. The van der Waals surface area contributed by atoms with Crippen LogP contribution in [0, 0.1) is 0 Å². The fourth-order valence-electron chi connectivity index (χ4n) is 2.54. The highest BCUT2D eigenvalue weighted by Crippen LogP contribution is 2.51. The Hall–Kier alpha value is -1.80. The highest BCUT2D eigenvalue weighted by atomic mass is 35.5. The monoisotopic (exact) mass is 258 g/mol. The highest BCUT2D eigenvalue weighted by Gasteiger charge is 2.48. The van der Waals surface area contributed by atoms with Crippen LogP contribution in [0.25, 0.3) is 11.1 Å². The van der Waals surface area contributed by atoms with Crippen LogP contribution in [0.5, 0.6) is 0 Å². The van der Waals surface area contributed by atoms with Crippen molar-refractivity contribution < 1.29 is 9.53 Å². The van der Waals surface area contributed by atoms with E-state index >= 15 is 0 Å². The number of benzene rings is 2. The number of methoxy groups -OCH3 is 1. The maximum Gasteiger partial charge on any atom is 0.336 e. The van der Waals surface area contributed by atoms with Crippen molar-refractivity contribution in [2.45, 2.75) is 4.87 Å². The molecular formula is C15H11ClO2. The molecule has 3 rings (SSSR count). The number of hydrogen-bond acceptors (Lipinski definition) is 2. The van der Waals surface area contributed by atoms with Crippen LogP contribution >= 0.6 is 11.6 Å². The molecule has 18 heavy (non-hydrogen) atoms. The summed E-state index contributed by atoms with van der Waals surface area (Å²) < 4.78 is 4.88. The molecule has 0 saturated carbocycles. The van der Waals surface area contributed by atoms with Gasteiger partial charge in [-0.1, -0.05) is 60.1 Å². The van der Waals surface area contributed by atoms with Crippen molar-refractivity contribution in [3.8, 4) is 11.1 Å². The van der Waals surface area contributed by atoms with Gasteiger partial charge in [-0.2, -0.15) is 0 Å². The van der Waals surface area contributed by atoms with Gasteiger partial charge >= 0.3 is 5.97 Å². The molecule has 90 valence electrons. The summed E-state index contributed by atoms with van der Waals surface area (Å²) in [5, 5.41) is 0. The van der Waals surface area contributed by atoms with Crippen molar-refractivity contribution in [2.24, 2.45) is 0 Å². The zero-order valence-electron chi connectivity index (χ0n) is 9.81. The minimum absolute atomic E-state index is 0.443. The topological polar surface area (TPSA) is 26.3 Å². The lowest BCUT2D eigenvalue weighted by atomic mass is 9.96. The molecule has 0 aromatic heterocycles. The summed E-state index contributed by atoms with van der Waals surface area (Å²) in [7, 11) is 1.36. The minimum Gasteiger partial charge on any atom is -0.467 e. The van der Waals surface area contributed by atoms with Gasteiger partial charge in [-0.05, 0) is 22.3 Å². The minimum atomic E-state index is -1.22. The Morgan fingerprint density at radius 1 is 1.00 bits per heavy atom. The van der Waals surface area contributed by atoms with E-state index in [1.54, 1.807) is 0 Å². The first-order chi connectivity index (χ1) is 8.69. The van der Waals surface area contributed by atoms with E-state index in [1.165, 1.54) is 7.11 Å². The fourth-order valence-corrected chi connectivity index (χ4v) is 2.95. The Bertz CT molecular complexity index is 588. The zero-order chi connectivity index (χ0) is 12.8. The van der Waals surface area contributed by atoms with E-state index in [0.717, 1.165) is 22.3 Å². The number of carbonyl (C=O) groups is 1. The van der Waals surface area contributed by atoms with E-state index < -0.39 is 10.8 Å². The molecule has 2 aromatic carbocycles. The second-order valence-corrected chi connectivity index (χ2v) is 4.81. The number of esters is 1. The lowest BCUT2D eigenvalue weighted by Crippen LogP contribution is -2.30. The quantitative estimate of drug-likeness (QED) is 0.579. The first kappa shape index (κ1) is 11.3. The van der Waals surface area contributed by atoms with Crippen LogP contribution in [0.4, 0.5) is 0 Å². The van der Waals surface area contributed by atoms with Crippen molar-refractivity contribution in [1.29, 1.82) is 0 Å². The molecule has 0 bridgehead atoms. The fraction of sp³-hybridized carbons (Fsp3) is 0.133. The third-order valence-corrected chi connectivity index (χ3v) is 3.91. The molecule has 0 spiro atoms. The molecule has 3 heteroatoms. The third kappa shape index (κ3) is 1.27. The SMILES string of the molecule is COC(=O)C1(Cl)c2ccccc2-c2ccccc21. The predicted octanol–water partition coefficient (Wildman–Crippen LogP) is 3.32. The molecule has 1 aliphatic rings. The third-order valence-electron chi connectivity index (χ3n) is 3.35. The molecular weight excluding hydrogens is 248 g/mol. The Morgan fingerprint density at radius 2 is 1.44 bits per heavy atom. The number of rotatable bonds is 1. The zero-order valence-corrected chi connectivity index (χ0v) is 10.6. The van der Waals surface area contributed by atoms with Gasteiger partial charge in [0.25, 0.3) is 0 Å². The van der Waals surface area contributed by atoms with Gasteiger partial charge in [-0.15, -0.1) is 0 Å². The van der Waals surface area contributed by atoms with Crippen molar-refractivity contribution in [1.82, 2.24) is 0 Å². The predicted molar refractivity (Wildman–Crippen MR) is 70.5 cm³/mol. The van der Waals surface area contributed by atoms with Gasteiger partial charge in [-0.25, -0.2) is 4.79 Å². The van der Waals surface area contributed by atoms with Crippen molar-refractivity contribution >= 4 is 17.6 Å². The molecule has 0 radical (unpaired) electrons. The maximum atomic E-state index is 12.1. The van der Waals surface area contributed by atoms with E-state index in [-0.39, 0.29) is 0 Å². The second-order valence-electron chi connectivity index (χ2n) is 4.24. The summed E-state index contributed by atoms with van der Waals surface area (Å²) in [4.78, 5) is 10.9. The number of alkyl halides is 1. The Labute approximate surface area is 110 Å². The summed E-state index contributed by atoms with van der Waals surface area (Å²) in [5.74, 6) is -0.443. The summed E-state index contributed by atoms with van der Waals surface area (Å²) in [6.07, 6.45) is 0. The van der Waals surface area contributed by atoms with Crippen LogP contribution in [-0.4, -0.2) is 13.1 Å². The molecule has 0 fully saturated rings. The van der Waals surface area contributed by atoms with Crippen LogP contribution in [-0.2, 0) is 14.4 Å². The second kappa shape index (κ2) is 3.85. The Morgan fingerprint density at radius 3 is 1.89 bits per heavy atom. The van der Waals surface area contributed by atoms with Gasteiger partial charge in [0.15, 0.2) is 4.87 Å². The summed E-state index contributed by atoms with van der Waals surface area (Å²) in [5.41, 5.74) is 3.57. The first-order valence-corrected chi connectivity index (χ1v) is 6.04. The smallest absolute Gasteiger partial charge is 0.336 e. The molecule has 0 unspecified atom stereocenters. The number of hydrogen-bond donors (Lipinski definition) is 0. The lowest BCUT2D eigenvalue weighted by Gasteiger charge is -2.21. The van der Waals surface area contributed by atoms with E-state index in [9.17, 15) is 4.79 Å². The van der Waals surface area contributed by atoms with Crippen LogP contribution < -0.4 is 0 Å². The summed E-state index contributed by atoms with van der Waals surface area (Å²) in [6, 6.07) is 15.3. The molecule has 2 nitrogen and oxygen atoms in total. The van der Waals surface area contributed by atoms with Gasteiger partial charge in [0, 0.05) is 0 Å². The average Bonchev–Trinajstić information content (AvgIpc) is 2.70. The molecule has 2 aromatic rings. The molecule has 0 N–H and O–H groups in total. The Kier molecular flexibility index (Phi) is 2.42. The molecule has 1 aliphatic carbocycles. The summed E-state index contributed by atoms with van der Waals surface area (Å²) in [6.45, 7) is 0. The molecule has 0 atom stereocenters. The van der Waals surface area contributed by atoms with Crippen molar-refractivity contribution in [2.75, 3.05) is 7.11 Å². The number of ether oxygens (including phenoxy) is 1. The number of carbonyl (C=O) groups excluding carboxylic acids is 1. The molecule has 0 saturated heterocycles. The van der Waals surface area contributed by atoms with Crippen LogP contribution in [0.1, 0.15) is 11.1 Å². The van der Waals surface area contributed by atoms with E-state index in [1.807, 2.05) is 48.5 Å². The first-order valence-electron chi connectivity index (χ1n) is 5.66. The Balaban J connectivity index is 2.37. The summed E-state index contributed by atoms with van der Waals surface area (Å²) >= 11 is 6.61. The standard InChI is InChI=1S/C15H11ClO2/c1-18-14(17)15(16)12-8-4-2-6-10(12)11-7-3-5-9-13(11)15/h2-9H,1H3. The van der Waals surface area contributed by atoms with Crippen molar-refractivity contribution in [3.05, 3.63) is 59.7 Å². The molecule has 0 amide bonds. The van der Waals surface area contributed by atoms with Crippen LogP contribution in [0.3, 0.4) is 0 Å². The largest absolute Gasteiger partial charge is 0.467 e. The van der Waals surface area contributed by atoms with Gasteiger partial charge in [0.1, 0.15) is 0 Å². The number of fused-ring (bicyclic) bond motifs is 3. The van der Waals surface area contributed by atoms with Crippen molar-refractivity contribution in [3.63, 3.8) is 0 Å². The lowest BCUT2D eigenvalue weighted by molar-refractivity contribution is -0.142. The highest BCUT2D eigenvalue weighted by molar-refractivity contribution is 6.38. The molecule has 0 heterocycles. The van der Waals surface area contributed by atoms with E-state index in [2.05, 4.69) is 0 Å². The van der Waals surface area contributed by atoms with Gasteiger partial charge in [0.2, 0.25) is 0 Å². The van der Waals surface area contributed by atoms with Crippen LogP contribution in [0.15, 0.2) is 48.5 Å². The van der Waals surface area contributed by atoms with Gasteiger partial charge in [-0.3, -0.25) is 0 Å². The van der Waals surface area contributed by atoms with Gasteiger partial charge < -0.3 is 4.74 Å². The van der Waals surface area contributed by atoms with E-state index in [4.69, 9.17) is 16.3 Å².